The number of fused-ring (bicyclic) bond motifs is 1. The van der Waals surface area contributed by atoms with E-state index in [-0.39, 0.29) is 24.3 Å². The summed E-state index contributed by atoms with van der Waals surface area (Å²) in [5.74, 6) is 0.744. The van der Waals surface area contributed by atoms with Crippen molar-refractivity contribution >= 4 is 17.8 Å². The van der Waals surface area contributed by atoms with E-state index in [0.717, 1.165) is 29.1 Å². The third-order valence-electron chi connectivity index (χ3n) is 7.04. The van der Waals surface area contributed by atoms with Gasteiger partial charge in [-0.25, -0.2) is 9.98 Å². The van der Waals surface area contributed by atoms with Gasteiger partial charge in [-0.05, 0) is 28.8 Å². The Morgan fingerprint density at radius 3 is 2.32 bits per heavy atom. The highest BCUT2D eigenvalue weighted by molar-refractivity contribution is 6.09. The predicted molar refractivity (Wildman–Crippen MR) is 139 cm³/mol. The van der Waals surface area contributed by atoms with E-state index < -0.39 is 5.54 Å². The molecule has 8 heteroatoms. The molecular weight excluding hydrogens is 464 g/mol. The van der Waals surface area contributed by atoms with Gasteiger partial charge in [-0.2, -0.15) is 0 Å². The number of aromatic nitrogens is 2. The van der Waals surface area contributed by atoms with E-state index in [1.165, 1.54) is 4.90 Å². The van der Waals surface area contributed by atoms with Crippen LogP contribution in [0.2, 0.25) is 0 Å². The summed E-state index contributed by atoms with van der Waals surface area (Å²) in [6.07, 6.45) is 3.69. The molecule has 1 aromatic heterocycles. The van der Waals surface area contributed by atoms with Crippen LogP contribution in [0.3, 0.4) is 0 Å². The second kappa shape index (κ2) is 9.05. The number of nitrogens with zero attached hydrogens (tertiary/aromatic N) is 5. The molecule has 6 rings (SSSR count). The molecule has 2 N–H and O–H groups in total. The molecule has 2 aliphatic rings. The van der Waals surface area contributed by atoms with Gasteiger partial charge in [-0.15, -0.1) is 0 Å². The van der Waals surface area contributed by atoms with E-state index in [1.807, 2.05) is 85.1 Å². The van der Waals surface area contributed by atoms with Crippen LogP contribution in [0.5, 0.6) is 0 Å². The molecule has 37 heavy (non-hydrogen) atoms. The number of carbonyl (C=O) groups is 2. The average molecular weight is 491 g/mol. The van der Waals surface area contributed by atoms with Crippen LogP contribution in [0, 0.1) is 0 Å². The fourth-order valence-electron chi connectivity index (χ4n) is 5.15. The number of amides is 2. The number of benzene rings is 3. The Labute approximate surface area is 214 Å². The van der Waals surface area contributed by atoms with Crippen molar-refractivity contribution in [1.29, 1.82) is 0 Å². The maximum absolute atomic E-state index is 14.0. The molecule has 0 unspecified atom stereocenters. The van der Waals surface area contributed by atoms with Gasteiger partial charge >= 0.3 is 0 Å². The van der Waals surface area contributed by atoms with Crippen LogP contribution in [-0.4, -0.2) is 43.7 Å². The minimum absolute atomic E-state index is 0.0617. The van der Waals surface area contributed by atoms with Crippen LogP contribution in [-0.2, 0) is 30.0 Å². The molecule has 3 aromatic carbocycles. The lowest BCUT2D eigenvalue weighted by atomic mass is 9.83. The monoisotopic (exact) mass is 490 g/mol. The molecule has 0 radical (unpaired) electrons. The number of carbonyl (C=O) groups excluding carboxylic acids is 2. The molecule has 0 spiro atoms. The Balaban J connectivity index is 1.28. The summed E-state index contributed by atoms with van der Waals surface area (Å²) in [6, 6.07) is 26.3. The van der Waals surface area contributed by atoms with Gasteiger partial charge in [0.25, 0.3) is 11.8 Å². The molecule has 2 amide bonds. The zero-order valence-electron chi connectivity index (χ0n) is 20.2. The van der Waals surface area contributed by atoms with Gasteiger partial charge in [0.05, 0.1) is 13.1 Å². The number of imidazole rings is 1. The largest absolute Gasteiger partial charge is 0.369 e. The lowest BCUT2D eigenvalue weighted by Crippen LogP contribution is -2.43. The lowest BCUT2D eigenvalue weighted by Gasteiger charge is -2.28. The fraction of sp³-hybridized carbons (Fsp3) is 0.172. The fourth-order valence-corrected chi connectivity index (χ4v) is 5.15. The van der Waals surface area contributed by atoms with Gasteiger partial charge in [0.15, 0.2) is 11.5 Å². The standard InChI is InChI=1S/C29H26N6O2/c30-28-32-29(23-10-3-1-4-11-23,24-12-5-2-6-13-24)27(37)35(28)19-21-8-7-9-22(18-21)26(36)34-17-16-33-15-14-31-25(33)20-34/h1-15,18H,16-17,19-20H2,(H2,30,32). The minimum atomic E-state index is -1.25. The third kappa shape index (κ3) is 3.87. The summed E-state index contributed by atoms with van der Waals surface area (Å²) in [6.45, 7) is 2.02. The molecular formula is C29H26N6O2. The summed E-state index contributed by atoms with van der Waals surface area (Å²) < 4.78 is 2.06. The molecule has 2 aliphatic heterocycles. The van der Waals surface area contributed by atoms with E-state index >= 15 is 0 Å². The van der Waals surface area contributed by atoms with E-state index in [9.17, 15) is 9.59 Å². The zero-order valence-corrected chi connectivity index (χ0v) is 20.2. The van der Waals surface area contributed by atoms with Crippen molar-refractivity contribution in [1.82, 2.24) is 19.4 Å². The zero-order chi connectivity index (χ0) is 25.4. The summed E-state index contributed by atoms with van der Waals surface area (Å²) in [5, 5.41) is 0. The second-order valence-corrected chi connectivity index (χ2v) is 9.27. The third-order valence-corrected chi connectivity index (χ3v) is 7.04. The van der Waals surface area contributed by atoms with Gasteiger partial charge in [0.2, 0.25) is 0 Å². The molecule has 0 saturated heterocycles. The predicted octanol–water partition coefficient (Wildman–Crippen LogP) is 3.14. The van der Waals surface area contributed by atoms with E-state index in [2.05, 4.69) is 9.55 Å². The molecule has 0 atom stereocenters. The van der Waals surface area contributed by atoms with Gasteiger partial charge in [0, 0.05) is 31.0 Å². The van der Waals surface area contributed by atoms with Crippen molar-refractivity contribution < 1.29 is 9.59 Å². The Hall–Kier alpha value is -4.72. The van der Waals surface area contributed by atoms with Crippen LogP contribution >= 0.6 is 0 Å². The van der Waals surface area contributed by atoms with Crippen LogP contribution in [0.4, 0.5) is 0 Å². The Bertz CT molecular complexity index is 1460. The van der Waals surface area contributed by atoms with Gasteiger partial charge < -0.3 is 15.2 Å². The number of guanidine groups is 1. The lowest BCUT2D eigenvalue weighted by molar-refractivity contribution is -0.130. The molecule has 0 fully saturated rings. The van der Waals surface area contributed by atoms with Crippen molar-refractivity contribution in [2.75, 3.05) is 6.54 Å². The average Bonchev–Trinajstić information content (AvgIpc) is 3.52. The van der Waals surface area contributed by atoms with E-state index in [4.69, 9.17) is 10.7 Å². The first-order valence-corrected chi connectivity index (χ1v) is 12.2. The SMILES string of the molecule is NC1=NC(c2ccccc2)(c2ccccc2)C(=O)N1Cc1cccc(C(=O)N2CCn3ccnc3C2)c1. The van der Waals surface area contributed by atoms with Crippen molar-refractivity contribution in [2.24, 2.45) is 10.7 Å². The number of nitrogens with two attached hydrogens (primary N) is 1. The maximum atomic E-state index is 14.0. The molecule has 0 bridgehead atoms. The molecule has 3 heterocycles. The summed E-state index contributed by atoms with van der Waals surface area (Å²) >= 11 is 0. The van der Waals surface area contributed by atoms with Crippen molar-refractivity contribution in [2.45, 2.75) is 25.2 Å². The second-order valence-electron chi connectivity index (χ2n) is 9.27. The van der Waals surface area contributed by atoms with E-state index in [0.29, 0.717) is 18.7 Å². The number of rotatable bonds is 5. The first-order chi connectivity index (χ1) is 18.1. The molecule has 184 valence electrons. The summed E-state index contributed by atoms with van der Waals surface area (Å²) in [5.41, 5.74) is 8.01. The van der Waals surface area contributed by atoms with E-state index in [1.54, 1.807) is 17.2 Å². The Morgan fingerprint density at radius 1 is 0.919 bits per heavy atom. The maximum Gasteiger partial charge on any atom is 0.266 e. The first-order valence-electron chi connectivity index (χ1n) is 12.2. The Morgan fingerprint density at radius 2 is 1.62 bits per heavy atom. The number of hydrogen-bond donors (Lipinski definition) is 1. The highest BCUT2D eigenvalue weighted by Gasteiger charge is 2.50. The summed E-state index contributed by atoms with van der Waals surface area (Å²) in [4.78, 5) is 39.7. The summed E-state index contributed by atoms with van der Waals surface area (Å²) in [7, 11) is 0. The Kier molecular flexibility index (Phi) is 5.56. The van der Waals surface area contributed by atoms with Gasteiger partial charge in [0.1, 0.15) is 5.82 Å². The number of aliphatic imine (C=N–C) groups is 1. The first kappa shape index (κ1) is 22.7. The molecule has 0 saturated carbocycles. The normalized spacial score (nSPS) is 16.4. The molecule has 8 nitrogen and oxygen atoms in total. The highest BCUT2D eigenvalue weighted by atomic mass is 16.2. The van der Waals surface area contributed by atoms with Gasteiger partial charge in [-0.1, -0.05) is 72.8 Å². The quantitative estimate of drug-likeness (QED) is 0.465. The van der Waals surface area contributed by atoms with Crippen molar-refractivity contribution in [3.05, 3.63) is 125 Å². The van der Waals surface area contributed by atoms with Crippen LogP contribution in [0.1, 0.15) is 32.9 Å². The highest BCUT2D eigenvalue weighted by Crippen LogP contribution is 2.40. The number of hydrogen-bond acceptors (Lipinski definition) is 5. The van der Waals surface area contributed by atoms with Gasteiger partial charge in [-0.3, -0.25) is 14.5 Å². The van der Waals surface area contributed by atoms with Crippen LogP contribution < -0.4 is 5.73 Å². The molecule has 0 aliphatic carbocycles. The van der Waals surface area contributed by atoms with Crippen LogP contribution in [0.15, 0.2) is 102 Å². The van der Waals surface area contributed by atoms with Crippen molar-refractivity contribution in [3.8, 4) is 0 Å². The minimum Gasteiger partial charge on any atom is -0.369 e. The topological polar surface area (TPSA) is 96.8 Å². The smallest absolute Gasteiger partial charge is 0.266 e. The molecule has 4 aromatic rings. The van der Waals surface area contributed by atoms with Crippen LogP contribution in [0.25, 0.3) is 0 Å². The van der Waals surface area contributed by atoms with Crippen molar-refractivity contribution in [3.63, 3.8) is 0 Å².